The van der Waals surface area contributed by atoms with E-state index >= 15 is 0 Å². The third kappa shape index (κ3) is 4.12. The Morgan fingerprint density at radius 2 is 1.13 bits per heavy atom. The van der Waals surface area contributed by atoms with Crippen molar-refractivity contribution < 1.29 is 0 Å². The van der Waals surface area contributed by atoms with Crippen LogP contribution < -0.4 is 0 Å². The first-order valence-corrected chi connectivity index (χ1v) is 16.9. The number of benzene rings is 6. The van der Waals surface area contributed by atoms with Crippen molar-refractivity contribution in [2.24, 2.45) is 5.41 Å². The molecule has 2 aliphatic carbocycles. The van der Waals surface area contributed by atoms with Crippen LogP contribution in [0.2, 0.25) is 0 Å². The highest BCUT2D eigenvalue weighted by atomic mass is 32.1. The normalized spacial score (nSPS) is 18.6. The summed E-state index contributed by atoms with van der Waals surface area (Å²) in [4.78, 5) is 0. The van der Waals surface area contributed by atoms with Crippen molar-refractivity contribution in [3.05, 3.63) is 198 Å². The Hall–Kier alpha value is -5.24. The van der Waals surface area contributed by atoms with Gasteiger partial charge >= 0.3 is 0 Å². The Balaban J connectivity index is 1.33. The fourth-order valence-electron chi connectivity index (χ4n) is 8.00. The molecule has 2 atom stereocenters. The van der Waals surface area contributed by atoms with Crippen molar-refractivity contribution in [2.45, 2.75) is 12.8 Å². The van der Waals surface area contributed by atoms with Gasteiger partial charge in [0.05, 0.1) is 0 Å². The molecular formula is C45H32S. The maximum absolute atomic E-state index is 2.44. The van der Waals surface area contributed by atoms with Gasteiger partial charge in [0.15, 0.2) is 0 Å². The summed E-state index contributed by atoms with van der Waals surface area (Å²) in [6, 6.07) is 53.6. The van der Waals surface area contributed by atoms with E-state index in [0.717, 1.165) is 0 Å². The summed E-state index contributed by atoms with van der Waals surface area (Å²) < 4.78 is 2.66. The highest BCUT2D eigenvalue weighted by molar-refractivity contribution is 7.26. The lowest BCUT2D eigenvalue weighted by molar-refractivity contribution is 0.448. The first kappa shape index (κ1) is 27.1. The van der Waals surface area contributed by atoms with Crippen LogP contribution in [0, 0.1) is 5.41 Å². The number of allylic oxidation sites excluding steroid dienone is 5. The van der Waals surface area contributed by atoms with Crippen molar-refractivity contribution in [1.29, 1.82) is 0 Å². The molecule has 0 saturated heterocycles. The second-order valence-electron chi connectivity index (χ2n) is 12.6. The average Bonchev–Trinajstić information content (AvgIpc) is 3.51. The van der Waals surface area contributed by atoms with Gasteiger partial charge in [-0.15, -0.1) is 11.3 Å². The van der Waals surface area contributed by atoms with Crippen molar-refractivity contribution in [3.63, 3.8) is 0 Å². The number of hydrogen-bond acceptors (Lipinski definition) is 1. The molecule has 0 nitrogen and oxygen atoms in total. The summed E-state index contributed by atoms with van der Waals surface area (Å²) in [6.45, 7) is 2.44. The first-order valence-electron chi connectivity index (χ1n) is 16.1. The van der Waals surface area contributed by atoms with Crippen LogP contribution in [0.25, 0.3) is 48.0 Å². The van der Waals surface area contributed by atoms with Gasteiger partial charge in [0.25, 0.3) is 0 Å². The summed E-state index contributed by atoms with van der Waals surface area (Å²) in [5.41, 5.74) is 12.9. The van der Waals surface area contributed by atoms with Crippen molar-refractivity contribution in [2.75, 3.05) is 0 Å². The summed E-state index contributed by atoms with van der Waals surface area (Å²) in [6.07, 6.45) is 9.30. The SMILES string of the molecule is CC12C=CC=CC1=C(c1cccc3sc4cccc(-c5ccccc5)c4c13)c1ccccc1C2c1cccc(-c2ccccc2)c1. The third-order valence-electron chi connectivity index (χ3n) is 10.0. The van der Waals surface area contributed by atoms with Gasteiger partial charge in [-0.25, -0.2) is 0 Å². The van der Waals surface area contributed by atoms with E-state index in [0.29, 0.717) is 0 Å². The van der Waals surface area contributed by atoms with Crippen LogP contribution in [-0.2, 0) is 0 Å². The van der Waals surface area contributed by atoms with Gasteiger partial charge in [0, 0.05) is 31.5 Å². The largest absolute Gasteiger partial charge is 0.135 e. The van der Waals surface area contributed by atoms with Gasteiger partial charge in [0.2, 0.25) is 0 Å². The first-order chi connectivity index (χ1) is 22.7. The second kappa shape index (κ2) is 10.7. The highest BCUT2D eigenvalue weighted by Crippen LogP contribution is 2.58. The van der Waals surface area contributed by atoms with E-state index in [2.05, 4.69) is 177 Å². The molecular weight excluding hydrogens is 573 g/mol. The lowest BCUT2D eigenvalue weighted by Gasteiger charge is -2.45. The number of thiophene rings is 1. The molecule has 2 unspecified atom stereocenters. The number of fused-ring (bicyclic) bond motifs is 5. The van der Waals surface area contributed by atoms with Crippen LogP contribution in [-0.4, -0.2) is 0 Å². The number of hydrogen-bond donors (Lipinski definition) is 0. The van der Waals surface area contributed by atoms with Gasteiger partial charge in [-0.1, -0.05) is 165 Å². The molecule has 0 N–H and O–H groups in total. The molecule has 2 aliphatic rings. The van der Waals surface area contributed by atoms with Crippen LogP contribution >= 0.6 is 11.3 Å². The molecule has 7 aromatic rings. The van der Waals surface area contributed by atoms with E-state index in [-0.39, 0.29) is 11.3 Å². The van der Waals surface area contributed by atoms with Crippen molar-refractivity contribution in [3.8, 4) is 22.3 Å². The van der Waals surface area contributed by atoms with Gasteiger partial charge in [0.1, 0.15) is 0 Å². The zero-order valence-corrected chi connectivity index (χ0v) is 26.5. The Morgan fingerprint density at radius 3 is 1.91 bits per heavy atom. The molecule has 0 bridgehead atoms. The number of rotatable bonds is 4. The van der Waals surface area contributed by atoms with Gasteiger partial charge in [-0.2, -0.15) is 0 Å². The van der Waals surface area contributed by atoms with Crippen LogP contribution in [0.4, 0.5) is 0 Å². The highest BCUT2D eigenvalue weighted by Gasteiger charge is 2.44. The topological polar surface area (TPSA) is 0 Å². The molecule has 0 amide bonds. The predicted octanol–water partition coefficient (Wildman–Crippen LogP) is 12.5. The molecule has 0 fully saturated rings. The maximum atomic E-state index is 2.44. The average molecular weight is 605 g/mol. The zero-order valence-electron chi connectivity index (χ0n) is 25.7. The molecule has 6 aromatic carbocycles. The molecule has 0 saturated carbocycles. The van der Waals surface area contributed by atoms with E-state index in [9.17, 15) is 0 Å². The summed E-state index contributed by atoms with van der Waals surface area (Å²) >= 11 is 1.90. The lowest BCUT2D eigenvalue weighted by atomic mass is 9.58. The molecule has 9 rings (SSSR count). The van der Waals surface area contributed by atoms with E-state index in [1.165, 1.54) is 75.8 Å². The Kier molecular flexibility index (Phi) is 6.30. The quantitative estimate of drug-likeness (QED) is 0.187. The van der Waals surface area contributed by atoms with Crippen LogP contribution in [0.5, 0.6) is 0 Å². The Morgan fingerprint density at radius 1 is 0.522 bits per heavy atom. The van der Waals surface area contributed by atoms with E-state index < -0.39 is 0 Å². The van der Waals surface area contributed by atoms with Crippen LogP contribution in [0.1, 0.15) is 35.1 Å². The molecule has 46 heavy (non-hydrogen) atoms. The predicted molar refractivity (Wildman–Crippen MR) is 197 cm³/mol. The minimum atomic E-state index is -0.232. The standard InChI is InChI=1S/C45H32S/c1-45-28-11-10-25-38(45)41(35-21-8-9-22-36(35)44(45)33-20-12-19-32(29-33)30-15-4-2-5-16-30)37-24-14-27-40-43(37)42-34(23-13-26-39(42)46-40)31-17-6-3-7-18-31/h2-29,44H,1H3. The molecule has 0 spiro atoms. The minimum absolute atomic E-state index is 0.172. The smallest absolute Gasteiger partial charge is 0.0361 e. The second-order valence-corrected chi connectivity index (χ2v) is 13.7. The minimum Gasteiger partial charge on any atom is -0.135 e. The van der Waals surface area contributed by atoms with Crippen molar-refractivity contribution in [1.82, 2.24) is 0 Å². The lowest BCUT2D eigenvalue weighted by Crippen LogP contribution is -2.32. The molecule has 1 heteroatoms. The molecule has 1 aromatic heterocycles. The summed E-state index contributed by atoms with van der Waals surface area (Å²) in [7, 11) is 0. The van der Waals surface area contributed by atoms with Crippen molar-refractivity contribution >= 4 is 37.1 Å². The monoisotopic (exact) mass is 604 g/mol. The fraction of sp³-hybridized carbons (Fsp3) is 0.0667. The van der Waals surface area contributed by atoms with E-state index in [4.69, 9.17) is 0 Å². The van der Waals surface area contributed by atoms with Crippen LogP contribution in [0.15, 0.2) is 175 Å². The summed E-state index contributed by atoms with van der Waals surface area (Å²) in [5.74, 6) is 0.172. The fourth-order valence-corrected chi connectivity index (χ4v) is 9.16. The Bertz CT molecular complexity index is 2370. The Labute approximate surface area is 274 Å². The van der Waals surface area contributed by atoms with Gasteiger partial charge in [-0.3, -0.25) is 0 Å². The van der Waals surface area contributed by atoms with E-state index in [1.807, 2.05) is 11.3 Å². The molecule has 1 heterocycles. The molecule has 0 radical (unpaired) electrons. The summed E-state index contributed by atoms with van der Waals surface area (Å²) in [5, 5.41) is 2.71. The maximum Gasteiger partial charge on any atom is 0.0361 e. The van der Waals surface area contributed by atoms with Gasteiger partial charge in [-0.05, 0) is 67.8 Å². The zero-order chi connectivity index (χ0) is 30.7. The molecule has 0 aliphatic heterocycles. The molecule has 218 valence electrons. The van der Waals surface area contributed by atoms with Gasteiger partial charge < -0.3 is 0 Å². The third-order valence-corrected chi connectivity index (χ3v) is 11.1. The van der Waals surface area contributed by atoms with Crippen LogP contribution in [0.3, 0.4) is 0 Å². The van der Waals surface area contributed by atoms with E-state index in [1.54, 1.807) is 0 Å².